The first kappa shape index (κ1) is 13.9. The molecule has 0 radical (unpaired) electrons. The van der Waals surface area contributed by atoms with E-state index < -0.39 is 0 Å². The predicted octanol–water partition coefficient (Wildman–Crippen LogP) is 4.08. The molecule has 0 unspecified atom stereocenters. The van der Waals surface area contributed by atoms with Gasteiger partial charge in [-0.25, -0.2) is 0 Å². The van der Waals surface area contributed by atoms with E-state index in [1.165, 1.54) is 4.80 Å². The second kappa shape index (κ2) is 4.74. The van der Waals surface area contributed by atoms with Crippen LogP contribution in [0.2, 0.25) is 5.02 Å². The van der Waals surface area contributed by atoms with E-state index in [1.807, 2.05) is 24.3 Å². The highest BCUT2D eigenvalue weighted by molar-refractivity contribution is 6.34. The Hall–Kier alpha value is -2.07. The molecule has 1 aromatic heterocycles. The molecule has 0 bridgehead atoms. The molecule has 0 saturated heterocycles. The number of para-hydroxylation sites is 1. The monoisotopic (exact) mass is 301 g/mol. The Bertz CT molecular complexity index is 818. The van der Waals surface area contributed by atoms with Crippen molar-refractivity contribution in [2.24, 2.45) is 0 Å². The van der Waals surface area contributed by atoms with E-state index in [1.54, 1.807) is 12.1 Å². The van der Waals surface area contributed by atoms with Crippen molar-refractivity contribution in [3.8, 4) is 11.4 Å². The highest BCUT2D eigenvalue weighted by atomic mass is 35.5. The Morgan fingerprint density at radius 3 is 2.43 bits per heavy atom. The van der Waals surface area contributed by atoms with Crippen molar-refractivity contribution in [1.82, 2.24) is 15.0 Å². The molecule has 5 heteroatoms. The average Bonchev–Trinajstić information content (AvgIpc) is 2.83. The van der Waals surface area contributed by atoms with Crippen LogP contribution < -0.4 is 0 Å². The predicted molar refractivity (Wildman–Crippen MR) is 84.2 cm³/mol. The molecule has 4 nitrogen and oxygen atoms in total. The summed E-state index contributed by atoms with van der Waals surface area (Å²) in [6.45, 7) is 6.15. The Morgan fingerprint density at radius 2 is 1.76 bits per heavy atom. The fraction of sp³-hybridized carbons (Fsp3) is 0.250. The lowest BCUT2D eigenvalue weighted by Gasteiger charge is -2.21. The highest BCUT2D eigenvalue weighted by Gasteiger charge is 2.21. The minimum Gasteiger partial charge on any atom is -0.505 e. The van der Waals surface area contributed by atoms with Crippen LogP contribution in [0.4, 0.5) is 0 Å². The fourth-order valence-corrected chi connectivity index (χ4v) is 2.52. The van der Waals surface area contributed by atoms with Crippen LogP contribution in [0.3, 0.4) is 0 Å². The quantitative estimate of drug-likeness (QED) is 0.737. The minimum absolute atomic E-state index is 0.162. The molecule has 0 spiro atoms. The van der Waals surface area contributed by atoms with Crippen molar-refractivity contribution in [3.05, 3.63) is 47.0 Å². The Labute approximate surface area is 128 Å². The Kier molecular flexibility index (Phi) is 3.14. The van der Waals surface area contributed by atoms with Crippen LogP contribution in [0.5, 0.6) is 5.75 Å². The summed E-state index contributed by atoms with van der Waals surface area (Å²) in [6, 6.07) is 11.0. The smallest absolute Gasteiger partial charge is 0.146 e. The maximum Gasteiger partial charge on any atom is 0.146 e. The zero-order valence-corrected chi connectivity index (χ0v) is 12.9. The molecule has 21 heavy (non-hydrogen) atoms. The van der Waals surface area contributed by atoms with Crippen molar-refractivity contribution >= 4 is 22.6 Å². The van der Waals surface area contributed by atoms with Gasteiger partial charge in [0, 0.05) is 5.56 Å². The normalized spacial score (nSPS) is 12.0. The Morgan fingerprint density at radius 1 is 1.05 bits per heavy atom. The number of aromatic nitrogens is 3. The van der Waals surface area contributed by atoms with Gasteiger partial charge < -0.3 is 5.11 Å². The molecule has 0 saturated carbocycles. The molecule has 0 fully saturated rings. The van der Waals surface area contributed by atoms with Gasteiger partial charge in [0.1, 0.15) is 22.5 Å². The van der Waals surface area contributed by atoms with Crippen LogP contribution in [0.15, 0.2) is 36.4 Å². The van der Waals surface area contributed by atoms with Gasteiger partial charge in [-0.15, -0.1) is 15.0 Å². The summed E-state index contributed by atoms with van der Waals surface area (Å²) in [7, 11) is 0. The van der Waals surface area contributed by atoms with Gasteiger partial charge >= 0.3 is 0 Å². The third-order valence-electron chi connectivity index (χ3n) is 3.40. The van der Waals surface area contributed by atoms with Gasteiger partial charge in [0.2, 0.25) is 0 Å². The summed E-state index contributed by atoms with van der Waals surface area (Å²) in [4.78, 5) is 1.43. The van der Waals surface area contributed by atoms with Crippen LogP contribution >= 0.6 is 11.6 Å². The van der Waals surface area contributed by atoms with Gasteiger partial charge in [0.05, 0.1) is 5.02 Å². The van der Waals surface area contributed by atoms with Crippen molar-refractivity contribution in [3.63, 3.8) is 0 Å². The molecule has 1 heterocycles. The van der Waals surface area contributed by atoms with E-state index in [9.17, 15) is 5.11 Å². The van der Waals surface area contributed by atoms with Crippen molar-refractivity contribution in [2.75, 3.05) is 0 Å². The van der Waals surface area contributed by atoms with Crippen molar-refractivity contribution in [1.29, 1.82) is 0 Å². The number of phenolic OH excluding ortho intramolecular Hbond substituents is 1. The SMILES string of the molecule is CC(C)(C)c1cccc(-n2nc3cccc(Cl)c3n2)c1O. The number of hydrogen-bond acceptors (Lipinski definition) is 3. The second-order valence-corrected chi connectivity index (χ2v) is 6.43. The number of halogens is 1. The standard InChI is InChI=1S/C16H16ClN3O/c1-16(2,3)10-6-4-9-13(15(10)21)20-18-12-8-5-7-11(17)14(12)19-20/h4-9,21H,1-3H3. The lowest BCUT2D eigenvalue weighted by Crippen LogP contribution is -2.12. The van der Waals surface area contributed by atoms with Gasteiger partial charge in [-0.2, -0.15) is 0 Å². The molecule has 0 amide bonds. The summed E-state index contributed by atoms with van der Waals surface area (Å²) in [6.07, 6.45) is 0. The summed E-state index contributed by atoms with van der Waals surface area (Å²) >= 11 is 6.12. The minimum atomic E-state index is -0.162. The van der Waals surface area contributed by atoms with Gasteiger partial charge in [0.15, 0.2) is 0 Å². The number of rotatable bonds is 1. The van der Waals surface area contributed by atoms with Gasteiger partial charge in [0.25, 0.3) is 0 Å². The first-order valence-corrected chi connectivity index (χ1v) is 7.10. The molecule has 0 aliphatic carbocycles. The average molecular weight is 302 g/mol. The lowest BCUT2D eigenvalue weighted by molar-refractivity contribution is 0.440. The number of benzene rings is 2. The third-order valence-corrected chi connectivity index (χ3v) is 3.71. The zero-order chi connectivity index (χ0) is 15.2. The molecule has 3 aromatic rings. The van der Waals surface area contributed by atoms with Crippen molar-refractivity contribution < 1.29 is 5.11 Å². The van der Waals surface area contributed by atoms with E-state index in [2.05, 4.69) is 31.0 Å². The largest absolute Gasteiger partial charge is 0.505 e. The van der Waals surface area contributed by atoms with Gasteiger partial charge in [-0.1, -0.05) is 50.6 Å². The van der Waals surface area contributed by atoms with Gasteiger partial charge in [-0.3, -0.25) is 0 Å². The molecular formula is C16H16ClN3O. The summed E-state index contributed by atoms with van der Waals surface area (Å²) < 4.78 is 0. The molecule has 0 atom stereocenters. The van der Waals surface area contributed by atoms with E-state index in [0.29, 0.717) is 21.7 Å². The molecular weight excluding hydrogens is 286 g/mol. The fourth-order valence-electron chi connectivity index (χ4n) is 2.31. The number of hydrogen-bond donors (Lipinski definition) is 1. The summed E-state index contributed by atoms with van der Waals surface area (Å²) in [5.74, 6) is 0.196. The second-order valence-electron chi connectivity index (χ2n) is 6.02. The van der Waals surface area contributed by atoms with Gasteiger partial charge in [-0.05, 0) is 23.6 Å². The molecule has 0 aliphatic rings. The molecule has 108 valence electrons. The van der Waals surface area contributed by atoms with Crippen LogP contribution in [0, 0.1) is 0 Å². The number of aromatic hydroxyl groups is 1. The van der Waals surface area contributed by atoms with Crippen molar-refractivity contribution in [2.45, 2.75) is 26.2 Å². The first-order chi connectivity index (χ1) is 9.88. The Balaban J connectivity index is 2.22. The van der Waals surface area contributed by atoms with E-state index in [0.717, 1.165) is 5.56 Å². The molecule has 2 aromatic carbocycles. The third kappa shape index (κ3) is 2.36. The zero-order valence-electron chi connectivity index (χ0n) is 12.1. The highest BCUT2D eigenvalue weighted by Crippen LogP contribution is 2.34. The summed E-state index contributed by atoms with van der Waals surface area (Å²) in [5, 5.41) is 19.9. The maximum absolute atomic E-state index is 10.5. The van der Waals surface area contributed by atoms with Crippen LogP contribution in [0.1, 0.15) is 26.3 Å². The number of nitrogens with zero attached hydrogens (tertiary/aromatic N) is 3. The maximum atomic E-state index is 10.5. The molecule has 3 rings (SSSR count). The number of fused-ring (bicyclic) bond motifs is 1. The molecule has 0 aliphatic heterocycles. The van der Waals surface area contributed by atoms with E-state index >= 15 is 0 Å². The lowest BCUT2D eigenvalue weighted by atomic mass is 9.86. The number of phenols is 1. The van der Waals surface area contributed by atoms with E-state index in [-0.39, 0.29) is 11.2 Å². The first-order valence-electron chi connectivity index (χ1n) is 6.72. The molecule has 1 N–H and O–H groups in total. The summed E-state index contributed by atoms with van der Waals surface area (Å²) in [5.41, 5.74) is 2.56. The van der Waals surface area contributed by atoms with Crippen LogP contribution in [-0.2, 0) is 5.41 Å². The van der Waals surface area contributed by atoms with Crippen LogP contribution in [-0.4, -0.2) is 20.1 Å². The van der Waals surface area contributed by atoms with Crippen LogP contribution in [0.25, 0.3) is 16.7 Å². The topological polar surface area (TPSA) is 50.9 Å². The van der Waals surface area contributed by atoms with E-state index in [4.69, 9.17) is 11.6 Å².